The van der Waals surface area contributed by atoms with Crippen LogP contribution in [0, 0.1) is 0 Å². The van der Waals surface area contributed by atoms with Gasteiger partial charge in [-0.05, 0) is 17.5 Å². The van der Waals surface area contributed by atoms with E-state index in [1.54, 1.807) is 4.68 Å². The predicted octanol–water partition coefficient (Wildman–Crippen LogP) is 8.74. The average molecular weight is 561 g/mol. The van der Waals surface area contributed by atoms with Gasteiger partial charge in [-0.1, -0.05) is 130 Å². The second kappa shape index (κ2) is 13.5. The van der Waals surface area contributed by atoms with E-state index in [1.165, 1.54) is 5.56 Å². The molecule has 0 N–H and O–H groups in total. The molecule has 0 saturated heterocycles. The molecule has 222 valence electrons. The molecule has 7 heteroatoms. The van der Waals surface area contributed by atoms with Crippen molar-refractivity contribution in [2.24, 2.45) is 0 Å². The summed E-state index contributed by atoms with van der Waals surface area (Å²) in [5.41, 5.74) is 2.30. The van der Waals surface area contributed by atoms with Crippen LogP contribution in [0.3, 0.4) is 0 Å². The highest BCUT2D eigenvalue weighted by atomic mass is 19.1. The maximum atomic E-state index is 14.1. The lowest BCUT2D eigenvalue weighted by Gasteiger charge is -2.15. The highest BCUT2D eigenvalue weighted by molar-refractivity contribution is 5.25. The van der Waals surface area contributed by atoms with Crippen LogP contribution >= 0.6 is 0 Å². The van der Waals surface area contributed by atoms with Crippen LogP contribution in [0.15, 0.2) is 60.7 Å². The normalized spacial score (nSPS) is 19.0. The summed E-state index contributed by atoms with van der Waals surface area (Å²) in [7, 11) is 0. The highest BCUT2D eigenvalue weighted by Crippen LogP contribution is 2.40. The number of aromatic nitrogens is 6. The van der Waals surface area contributed by atoms with Gasteiger partial charge in [0.1, 0.15) is 5.82 Å². The Bertz CT molecular complexity index is 1350. The third kappa shape index (κ3) is 7.30. The van der Waals surface area contributed by atoms with E-state index in [0.29, 0.717) is 24.1 Å². The van der Waals surface area contributed by atoms with Crippen LogP contribution in [0.2, 0.25) is 0 Å². The van der Waals surface area contributed by atoms with Gasteiger partial charge in [0.25, 0.3) is 0 Å². The van der Waals surface area contributed by atoms with Crippen molar-refractivity contribution >= 4 is 0 Å². The Hall–Kier alpha value is -3.35. The molecule has 0 radical (unpaired) electrons. The Morgan fingerprint density at radius 3 is 1.63 bits per heavy atom. The summed E-state index contributed by atoms with van der Waals surface area (Å²) >= 11 is 0. The van der Waals surface area contributed by atoms with Crippen molar-refractivity contribution in [1.29, 1.82) is 0 Å². The van der Waals surface area contributed by atoms with E-state index in [1.807, 2.05) is 78.8 Å². The number of halogens is 1. The molecule has 0 aliphatic carbocycles. The van der Waals surface area contributed by atoms with Gasteiger partial charge in [-0.15, -0.1) is 0 Å². The van der Waals surface area contributed by atoms with Gasteiger partial charge in [0.05, 0.1) is 12.1 Å². The lowest BCUT2D eigenvalue weighted by Crippen LogP contribution is -2.16. The lowest BCUT2D eigenvalue weighted by molar-refractivity contribution is 0.326. The number of nitrogens with zero attached hydrogens (tertiary/aromatic N) is 6. The van der Waals surface area contributed by atoms with Crippen molar-refractivity contribution in [1.82, 2.24) is 29.5 Å². The Morgan fingerprint density at radius 1 is 0.659 bits per heavy atom. The van der Waals surface area contributed by atoms with E-state index < -0.39 is 6.17 Å². The van der Waals surface area contributed by atoms with Crippen molar-refractivity contribution < 1.29 is 4.39 Å². The van der Waals surface area contributed by atoms with E-state index in [2.05, 4.69) is 70.9 Å². The summed E-state index contributed by atoms with van der Waals surface area (Å²) in [5, 5.41) is 9.26. The number of fused-ring (bicyclic) bond motifs is 2. The van der Waals surface area contributed by atoms with Gasteiger partial charge in [-0.25, -0.2) is 23.7 Å². The van der Waals surface area contributed by atoms with Gasteiger partial charge in [0.2, 0.25) is 0 Å². The van der Waals surface area contributed by atoms with Gasteiger partial charge in [-0.3, -0.25) is 0 Å². The van der Waals surface area contributed by atoms with E-state index >= 15 is 0 Å². The Morgan fingerprint density at radius 2 is 1.12 bits per heavy atom. The number of rotatable bonds is 2. The minimum absolute atomic E-state index is 0.0264. The van der Waals surface area contributed by atoms with Gasteiger partial charge in [-0.2, -0.15) is 10.2 Å². The van der Waals surface area contributed by atoms with Crippen molar-refractivity contribution in [3.05, 3.63) is 95.1 Å². The first-order valence-corrected chi connectivity index (χ1v) is 15.2. The topological polar surface area (TPSA) is 61.4 Å². The summed E-state index contributed by atoms with van der Waals surface area (Å²) in [6.45, 7) is 20.6. The van der Waals surface area contributed by atoms with Crippen molar-refractivity contribution in [2.75, 3.05) is 0 Å². The molecule has 0 saturated carbocycles. The summed E-state index contributed by atoms with van der Waals surface area (Å²) in [6.07, 6.45) is 1.56. The molecule has 2 aromatic carbocycles. The number of alkyl halides is 1. The minimum Gasteiger partial charge on any atom is -0.242 e. The molecular formula is C34H49FN6. The second-order valence-electron chi connectivity index (χ2n) is 12.1. The van der Waals surface area contributed by atoms with Crippen LogP contribution in [0.25, 0.3) is 0 Å². The lowest BCUT2D eigenvalue weighted by atomic mass is 9.96. The van der Waals surface area contributed by atoms with E-state index in [4.69, 9.17) is 5.10 Å². The molecule has 4 aromatic rings. The van der Waals surface area contributed by atoms with Crippen LogP contribution in [-0.2, 0) is 17.3 Å². The van der Waals surface area contributed by atoms with Crippen molar-refractivity contribution in [2.45, 2.75) is 118 Å². The third-order valence-corrected chi connectivity index (χ3v) is 7.01. The maximum absolute atomic E-state index is 14.1. The zero-order valence-corrected chi connectivity index (χ0v) is 26.7. The number of benzene rings is 2. The molecule has 6 nitrogen and oxygen atoms in total. The summed E-state index contributed by atoms with van der Waals surface area (Å²) in [5.74, 6) is 3.27. The standard InChI is InChI=1S/C15H18FN3.C15H19N3.2C2H6/c1-15(2,3)14-17-13-11(16)9-12(19(13)18-14)10-7-5-4-6-8-10;1-15(2,3)14-16-13-10-9-12(18(13)17-14)11-7-5-4-6-8-11;2*1-2/h4-8,11-12H,9H2,1-3H3;4-8,12H,9-10H2,1-3H3;2*1-2H3. The summed E-state index contributed by atoms with van der Waals surface area (Å²) < 4.78 is 18.0. The highest BCUT2D eigenvalue weighted by Gasteiger charge is 2.37. The van der Waals surface area contributed by atoms with Gasteiger partial charge in [0.15, 0.2) is 23.6 Å². The fraction of sp³-hybridized carbons (Fsp3) is 0.529. The van der Waals surface area contributed by atoms with Gasteiger partial charge < -0.3 is 0 Å². The maximum Gasteiger partial charge on any atom is 0.162 e. The molecule has 2 aliphatic rings. The second-order valence-corrected chi connectivity index (χ2v) is 12.1. The first-order chi connectivity index (χ1) is 19.5. The Kier molecular flexibility index (Phi) is 10.6. The molecule has 2 aromatic heterocycles. The molecule has 0 spiro atoms. The minimum atomic E-state index is -1.02. The smallest absolute Gasteiger partial charge is 0.162 e. The van der Waals surface area contributed by atoms with Crippen LogP contribution in [0.4, 0.5) is 4.39 Å². The van der Waals surface area contributed by atoms with Crippen LogP contribution in [0.5, 0.6) is 0 Å². The van der Waals surface area contributed by atoms with Crippen molar-refractivity contribution in [3.63, 3.8) is 0 Å². The third-order valence-electron chi connectivity index (χ3n) is 7.01. The molecule has 2 aliphatic heterocycles. The largest absolute Gasteiger partial charge is 0.242 e. The fourth-order valence-electron chi connectivity index (χ4n) is 4.91. The van der Waals surface area contributed by atoms with E-state index in [-0.39, 0.29) is 16.9 Å². The molecule has 3 atom stereocenters. The Labute approximate surface area is 246 Å². The SMILES string of the molecule is CC.CC.CC(C)(C)c1nc2n(n1)C(c1ccccc1)CC2.CC(C)(C)c1nc2n(n1)C(c1ccccc1)CC2F. The molecule has 41 heavy (non-hydrogen) atoms. The quantitative estimate of drug-likeness (QED) is 0.246. The first kappa shape index (κ1) is 32.2. The van der Waals surface area contributed by atoms with Crippen LogP contribution < -0.4 is 0 Å². The van der Waals surface area contributed by atoms with E-state index in [9.17, 15) is 4.39 Å². The Balaban J connectivity index is 0.000000202. The van der Waals surface area contributed by atoms with Gasteiger partial charge in [0, 0.05) is 23.7 Å². The van der Waals surface area contributed by atoms with Gasteiger partial charge >= 0.3 is 0 Å². The molecule has 0 fully saturated rings. The predicted molar refractivity (Wildman–Crippen MR) is 166 cm³/mol. The number of hydrogen-bond acceptors (Lipinski definition) is 4. The molecule has 4 heterocycles. The zero-order chi connectivity index (χ0) is 30.4. The molecular weight excluding hydrogens is 511 g/mol. The number of hydrogen-bond donors (Lipinski definition) is 0. The monoisotopic (exact) mass is 560 g/mol. The van der Waals surface area contributed by atoms with Crippen molar-refractivity contribution in [3.8, 4) is 0 Å². The zero-order valence-electron chi connectivity index (χ0n) is 26.7. The summed E-state index contributed by atoms with van der Waals surface area (Å²) in [4.78, 5) is 9.09. The van der Waals surface area contributed by atoms with E-state index in [0.717, 1.165) is 30.1 Å². The fourth-order valence-corrected chi connectivity index (χ4v) is 4.91. The van der Waals surface area contributed by atoms with Crippen LogP contribution in [0.1, 0.15) is 135 Å². The first-order valence-electron chi connectivity index (χ1n) is 15.2. The van der Waals surface area contributed by atoms with Crippen LogP contribution in [-0.4, -0.2) is 29.5 Å². The number of aryl methyl sites for hydroxylation is 1. The molecule has 0 bridgehead atoms. The average Bonchev–Trinajstić information content (AvgIpc) is 3.74. The molecule has 0 amide bonds. The summed E-state index contributed by atoms with van der Waals surface area (Å²) in [6, 6.07) is 20.9. The molecule has 3 unspecified atom stereocenters. The molecule has 6 rings (SSSR count).